The van der Waals surface area contributed by atoms with Crippen molar-refractivity contribution in [3.05, 3.63) is 65.7 Å². The van der Waals surface area contributed by atoms with Crippen LogP contribution in [0.2, 0.25) is 0 Å². The van der Waals surface area contributed by atoms with E-state index < -0.39 is 18.2 Å². The highest BCUT2D eigenvalue weighted by Crippen LogP contribution is 2.27. The number of nitrogens with one attached hydrogen (secondary N) is 1. The molecule has 2 aromatic rings. The summed E-state index contributed by atoms with van der Waals surface area (Å²) in [6.07, 6.45) is 2.94. The van der Waals surface area contributed by atoms with E-state index in [0.29, 0.717) is 18.6 Å². The zero-order valence-electron chi connectivity index (χ0n) is 19.8. The molecule has 1 heterocycles. The van der Waals surface area contributed by atoms with E-state index in [-0.39, 0.29) is 11.8 Å². The highest BCUT2D eigenvalue weighted by molar-refractivity contribution is 6.20. The molecule has 6 nitrogen and oxygen atoms in total. The average Bonchev–Trinajstić information content (AvgIpc) is 2.94. The van der Waals surface area contributed by atoms with Crippen LogP contribution in [0.3, 0.4) is 0 Å². The first kappa shape index (κ1) is 24.6. The van der Waals surface area contributed by atoms with Crippen LogP contribution in [0.1, 0.15) is 63.5 Å². The standard InChI is InChI=1S/C27H35N3O3/c1-4-6-15-21(23(31)18-7-5-2)26(32)29-25-27(33)30(3)22-17-12-11-16-20(22)24(28-25)19-13-9-8-10-14-19/h8-14,16-17,21,23,25,31H,4-7,15,18H2,1-3H3,(H,29,32)/t21-,23+,25?/m1/s1. The third kappa shape index (κ3) is 5.88. The summed E-state index contributed by atoms with van der Waals surface area (Å²) in [6, 6.07) is 17.3. The molecule has 176 valence electrons. The maximum absolute atomic E-state index is 13.3. The number of carbonyl (C=O) groups is 2. The molecule has 0 spiro atoms. The third-order valence-corrected chi connectivity index (χ3v) is 6.19. The zero-order chi connectivity index (χ0) is 23.8. The van der Waals surface area contributed by atoms with E-state index in [1.807, 2.05) is 54.6 Å². The number of hydrogen-bond donors (Lipinski definition) is 2. The van der Waals surface area contributed by atoms with Crippen molar-refractivity contribution >= 4 is 23.2 Å². The van der Waals surface area contributed by atoms with Crippen LogP contribution in [-0.4, -0.2) is 41.9 Å². The molecule has 0 aromatic heterocycles. The van der Waals surface area contributed by atoms with Crippen molar-refractivity contribution in [3.8, 4) is 0 Å². The second-order valence-electron chi connectivity index (χ2n) is 8.63. The summed E-state index contributed by atoms with van der Waals surface area (Å²) in [5, 5.41) is 13.6. The molecule has 1 unspecified atom stereocenters. The summed E-state index contributed by atoms with van der Waals surface area (Å²) in [7, 11) is 1.70. The number of aliphatic hydroxyl groups excluding tert-OH is 1. The number of unbranched alkanes of at least 4 members (excludes halogenated alkanes) is 2. The molecular formula is C27H35N3O3. The Morgan fingerprint density at radius 1 is 1.03 bits per heavy atom. The first-order chi connectivity index (χ1) is 16.0. The Morgan fingerprint density at radius 2 is 1.67 bits per heavy atom. The fourth-order valence-electron chi connectivity index (χ4n) is 4.22. The Kier molecular flexibility index (Phi) is 8.78. The van der Waals surface area contributed by atoms with Crippen molar-refractivity contribution in [1.82, 2.24) is 5.32 Å². The minimum Gasteiger partial charge on any atom is -0.392 e. The summed E-state index contributed by atoms with van der Waals surface area (Å²) in [5.74, 6) is -1.18. The Morgan fingerprint density at radius 3 is 2.36 bits per heavy atom. The van der Waals surface area contributed by atoms with Gasteiger partial charge in [0.2, 0.25) is 12.1 Å². The summed E-state index contributed by atoms with van der Waals surface area (Å²) in [5.41, 5.74) is 3.11. The summed E-state index contributed by atoms with van der Waals surface area (Å²) in [6.45, 7) is 4.12. The fraction of sp³-hybridized carbons (Fsp3) is 0.444. The number of benzodiazepines with no additional fused rings is 1. The van der Waals surface area contributed by atoms with Crippen molar-refractivity contribution < 1.29 is 14.7 Å². The number of aliphatic hydroxyl groups is 1. The van der Waals surface area contributed by atoms with Gasteiger partial charge in [0, 0.05) is 18.2 Å². The van der Waals surface area contributed by atoms with E-state index in [4.69, 9.17) is 4.99 Å². The first-order valence-corrected chi connectivity index (χ1v) is 12.0. The zero-order valence-corrected chi connectivity index (χ0v) is 19.8. The molecule has 6 heteroatoms. The maximum atomic E-state index is 13.3. The Bertz CT molecular complexity index is 974. The van der Waals surface area contributed by atoms with Gasteiger partial charge in [-0.05, 0) is 18.9 Å². The minimum atomic E-state index is -1.06. The molecule has 2 amide bonds. The second kappa shape index (κ2) is 11.8. The lowest BCUT2D eigenvalue weighted by atomic mass is 9.91. The molecule has 2 aromatic carbocycles. The van der Waals surface area contributed by atoms with Crippen LogP contribution in [0.25, 0.3) is 0 Å². The number of nitrogens with zero attached hydrogens (tertiary/aromatic N) is 2. The summed E-state index contributed by atoms with van der Waals surface area (Å²) < 4.78 is 0. The highest BCUT2D eigenvalue weighted by Gasteiger charge is 2.34. The lowest BCUT2D eigenvalue weighted by molar-refractivity contribution is -0.133. The molecule has 3 rings (SSSR count). The van der Waals surface area contributed by atoms with E-state index >= 15 is 0 Å². The molecule has 0 saturated heterocycles. The number of benzene rings is 2. The van der Waals surface area contributed by atoms with Crippen molar-refractivity contribution in [2.24, 2.45) is 10.9 Å². The molecule has 1 aliphatic heterocycles. The van der Waals surface area contributed by atoms with Crippen molar-refractivity contribution in [2.75, 3.05) is 11.9 Å². The number of fused-ring (bicyclic) bond motifs is 1. The van der Waals surface area contributed by atoms with Gasteiger partial charge in [0.1, 0.15) is 0 Å². The predicted molar refractivity (Wildman–Crippen MR) is 132 cm³/mol. The Labute approximate surface area is 196 Å². The molecule has 1 aliphatic rings. The number of hydrogen-bond acceptors (Lipinski definition) is 4. The predicted octanol–water partition coefficient (Wildman–Crippen LogP) is 4.30. The van der Waals surface area contributed by atoms with E-state index in [2.05, 4.69) is 19.2 Å². The van der Waals surface area contributed by atoms with Gasteiger partial charge < -0.3 is 15.3 Å². The molecule has 0 bridgehead atoms. The minimum absolute atomic E-state index is 0.306. The highest BCUT2D eigenvalue weighted by atomic mass is 16.3. The quantitative estimate of drug-likeness (QED) is 0.567. The smallest absolute Gasteiger partial charge is 0.272 e. The molecule has 0 radical (unpaired) electrons. The van der Waals surface area contributed by atoms with Crippen LogP contribution < -0.4 is 10.2 Å². The van der Waals surface area contributed by atoms with Crippen LogP contribution >= 0.6 is 0 Å². The van der Waals surface area contributed by atoms with Gasteiger partial charge in [0.05, 0.1) is 23.4 Å². The van der Waals surface area contributed by atoms with Gasteiger partial charge in [-0.2, -0.15) is 0 Å². The Balaban J connectivity index is 1.95. The van der Waals surface area contributed by atoms with Crippen LogP contribution in [-0.2, 0) is 9.59 Å². The van der Waals surface area contributed by atoms with Gasteiger partial charge in [-0.3, -0.25) is 9.59 Å². The van der Waals surface area contributed by atoms with Crippen molar-refractivity contribution in [3.63, 3.8) is 0 Å². The van der Waals surface area contributed by atoms with Crippen LogP contribution in [0.5, 0.6) is 0 Å². The van der Waals surface area contributed by atoms with E-state index in [9.17, 15) is 14.7 Å². The van der Waals surface area contributed by atoms with Crippen LogP contribution in [0, 0.1) is 5.92 Å². The van der Waals surface area contributed by atoms with Crippen molar-refractivity contribution in [2.45, 2.75) is 64.6 Å². The van der Waals surface area contributed by atoms with Crippen LogP contribution in [0.15, 0.2) is 59.6 Å². The molecule has 0 saturated carbocycles. The maximum Gasteiger partial charge on any atom is 0.272 e. The SMILES string of the molecule is CCCC[C@H](O)[C@@H](CCCC)C(=O)NC1N=C(c2ccccc2)c2ccccc2N(C)C1=O. The number of para-hydroxylation sites is 1. The summed E-state index contributed by atoms with van der Waals surface area (Å²) in [4.78, 5) is 32.9. The lowest BCUT2D eigenvalue weighted by Gasteiger charge is -2.25. The average molecular weight is 450 g/mol. The second-order valence-corrected chi connectivity index (χ2v) is 8.63. The van der Waals surface area contributed by atoms with Gasteiger partial charge in [0.15, 0.2) is 0 Å². The third-order valence-electron chi connectivity index (χ3n) is 6.19. The Hall–Kier alpha value is -2.99. The van der Waals surface area contributed by atoms with Gasteiger partial charge >= 0.3 is 0 Å². The van der Waals surface area contributed by atoms with E-state index in [1.165, 1.54) is 0 Å². The molecule has 33 heavy (non-hydrogen) atoms. The summed E-state index contributed by atoms with van der Waals surface area (Å²) >= 11 is 0. The van der Waals surface area contributed by atoms with Gasteiger partial charge in [-0.1, -0.05) is 88.1 Å². The van der Waals surface area contributed by atoms with E-state index in [0.717, 1.165) is 42.5 Å². The van der Waals surface area contributed by atoms with Crippen LogP contribution in [0.4, 0.5) is 5.69 Å². The number of aliphatic imine (C=N–C) groups is 1. The van der Waals surface area contributed by atoms with Gasteiger partial charge in [0.25, 0.3) is 5.91 Å². The van der Waals surface area contributed by atoms with Crippen molar-refractivity contribution in [1.29, 1.82) is 0 Å². The topological polar surface area (TPSA) is 82.0 Å². The molecule has 0 aliphatic carbocycles. The molecule has 3 atom stereocenters. The van der Waals surface area contributed by atoms with Gasteiger partial charge in [-0.15, -0.1) is 0 Å². The number of likely N-dealkylation sites (N-methyl/N-ethyl adjacent to an activating group) is 1. The normalized spacial score (nSPS) is 17.6. The fourth-order valence-corrected chi connectivity index (χ4v) is 4.22. The monoisotopic (exact) mass is 449 g/mol. The van der Waals surface area contributed by atoms with E-state index in [1.54, 1.807) is 11.9 Å². The molecular weight excluding hydrogens is 414 g/mol. The number of rotatable bonds is 10. The lowest BCUT2D eigenvalue weighted by Crippen LogP contribution is -2.49. The number of amides is 2. The molecule has 2 N–H and O–H groups in total. The number of anilines is 1. The number of carbonyl (C=O) groups excluding carboxylic acids is 2. The first-order valence-electron chi connectivity index (χ1n) is 12.0. The largest absolute Gasteiger partial charge is 0.392 e. The van der Waals surface area contributed by atoms with Gasteiger partial charge in [-0.25, -0.2) is 4.99 Å². The molecule has 0 fully saturated rings.